The number of sulfonamides is 1. The minimum Gasteiger partial charge on any atom is -0.495 e. The Kier molecular flexibility index (Phi) is 6.54. The highest BCUT2D eigenvalue weighted by Crippen LogP contribution is 2.27. The van der Waals surface area contributed by atoms with Crippen molar-refractivity contribution in [1.82, 2.24) is 4.72 Å². The Hall–Kier alpha value is -2.91. The lowest BCUT2D eigenvalue weighted by Gasteiger charge is -2.17. The average molecular weight is 392 g/mol. The zero-order valence-corrected chi connectivity index (χ0v) is 15.6. The number of nitrogens with one attached hydrogen (secondary N) is 2. The van der Waals surface area contributed by atoms with Crippen LogP contribution in [0.2, 0.25) is 0 Å². The predicted molar refractivity (Wildman–Crippen MR) is 99.2 cm³/mol. The number of carbonyl (C=O) groups is 2. The Morgan fingerprint density at radius 1 is 1.15 bits per heavy atom. The Balaban J connectivity index is 2.35. The summed E-state index contributed by atoms with van der Waals surface area (Å²) >= 11 is 0. The summed E-state index contributed by atoms with van der Waals surface area (Å²) in [6, 6.07) is 11.4. The molecule has 0 bridgehead atoms. The first-order valence-electron chi connectivity index (χ1n) is 7.97. The monoisotopic (exact) mass is 392 g/mol. The second kappa shape index (κ2) is 8.65. The van der Waals surface area contributed by atoms with Crippen LogP contribution in [-0.4, -0.2) is 38.6 Å². The van der Waals surface area contributed by atoms with Crippen LogP contribution >= 0.6 is 0 Å². The van der Waals surface area contributed by atoms with Gasteiger partial charge in [-0.2, -0.15) is 4.72 Å². The molecule has 0 aliphatic carbocycles. The number of anilines is 1. The number of aliphatic carboxylic acids is 1. The minimum atomic E-state index is -4.23. The van der Waals surface area contributed by atoms with E-state index in [0.717, 1.165) is 0 Å². The molecule has 0 aliphatic rings. The summed E-state index contributed by atoms with van der Waals surface area (Å²) in [7, 11) is -2.94. The van der Waals surface area contributed by atoms with E-state index in [1.807, 2.05) is 0 Å². The number of methoxy groups -OCH3 is 1. The normalized spacial score (nSPS) is 12.2. The predicted octanol–water partition coefficient (Wildman–Crippen LogP) is 1.63. The molecule has 0 spiro atoms. The molecule has 27 heavy (non-hydrogen) atoms. The van der Waals surface area contributed by atoms with Gasteiger partial charge in [-0.25, -0.2) is 8.42 Å². The number of ether oxygens (including phenoxy) is 1. The quantitative estimate of drug-likeness (QED) is 0.628. The van der Waals surface area contributed by atoms with Crippen molar-refractivity contribution in [3.8, 4) is 5.75 Å². The number of carbonyl (C=O) groups excluding carboxylic acids is 1. The van der Waals surface area contributed by atoms with Gasteiger partial charge in [0.15, 0.2) is 0 Å². The van der Waals surface area contributed by atoms with Crippen molar-refractivity contribution in [3.05, 3.63) is 54.1 Å². The van der Waals surface area contributed by atoms with Gasteiger partial charge in [0, 0.05) is 12.6 Å². The number of amides is 1. The van der Waals surface area contributed by atoms with E-state index in [0.29, 0.717) is 5.56 Å². The number of hydrogen-bond donors (Lipinski definition) is 3. The number of benzene rings is 2. The summed E-state index contributed by atoms with van der Waals surface area (Å²) in [6.45, 7) is 1.29. The first-order valence-corrected chi connectivity index (χ1v) is 9.46. The zero-order chi connectivity index (χ0) is 20.0. The molecule has 0 heterocycles. The van der Waals surface area contributed by atoms with Crippen molar-refractivity contribution in [3.63, 3.8) is 0 Å². The highest BCUT2D eigenvalue weighted by atomic mass is 32.2. The largest absolute Gasteiger partial charge is 0.495 e. The van der Waals surface area contributed by atoms with Gasteiger partial charge in [-0.3, -0.25) is 9.59 Å². The number of hydrogen-bond acceptors (Lipinski definition) is 5. The molecule has 2 aromatic carbocycles. The molecule has 1 atom stereocenters. The van der Waals surface area contributed by atoms with E-state index >= 15 is 0 Å². The van der Waals surface area contributed by atoms with E-state index in [4.69, 9.17) is 4.74 Å². The molecule has 0 aliphatic heterocycles. The molecular formula is C18H20N2O6S. The SMILES string of the molecule is COc1ccc(NC(C)=O)cc1S(=O)(=O)N[C@@H](Cc1ccccc1)C(=O)O. The lowest BCUT2D eigenvalue weighted by molar-refractivity contribution is -0.138. The third-order valence-electron chi connectivity index (χ3n) is 3.65. The second-order valence-corrected chi connectivity index (χ2v) is 7.43. The van der Waals surface area contributed by atoms with Crippen LogP contribution in [-0.2, 0) is 26.0 Å². The fraction of sp³-hybridized carbons (Fsp3) is 0.222. The molecule has 3 N–H and O–H groups in total. The topological polar surface area (TPSA) is 122 Å². The van der Waals surface area contributed by atoms with Gasteiger partial charge >= 0.3 is 5.97 Å². The second-order valence-electron chi connectivity index (χ2n) is 5.75. The summed E-state index contributed by atoms with van der Waals surface area (Å²) in [6.07, 6.45) is -0.0247. The van der Waals surface area contributed by atoms with Crippen LogP contribution in [0.4, 0.5) is 5.69 Å². The molecule has 1 amide bonds. The zero-order valence-electron chi connectivity index (χ0n) is 14.8. The molecule has 0 saturated carbocycles. The van der Waals surface area contributed by atoms with Gasteiger partial charge in [0.05, 0.1) is 7.11 Å². The average Bonchev–Trinajstić information content (AvgIpc) is 2.61. The Bertz CT molecular complexity index is 928. The molecular weight excluding hydrogens is 372 g/mol. The lowest BCUT2D eigenvalue weighted by atomic mass is 10.1. The van der Waals surface area contributed by atoms with Crippen LogP contribution in [0.1, 0.15) is 12.5 Å². The van der Waals surface area contributed by atoms with E-state index in [9.17, 15) is 23.1 Å². The maximum Gasteiger partial charge on any atom is 0.322 e. The summed E-state index contributed by atoms with van der Waals surface area (Å²) in [4.78, 5) is 22.5. The third kappa shape index (κ3) is 5.53. The first kappa shape index (κ1) is 20.4. The molecule has 0 saturated heterocycles. The van der Waals surface area contributed by atoms with Gasteiger partial charge in [-0.05, 0) is 30.2 Å². The Labute approximate surface area is 157 Å². The van der Waals surface area contributed by atoms with Crippen molar-refractivity contribution < 1.29 is 27.9 Å². The number of rotatable bonds is 8. The highest BCUT2D eigenvalue weighted by Gasteiger charge is 2.28. The summed E-state index contributed by atoms with van der Waals surface area (Å²) in [5, 5.41) is 11.9. The van der Waals surface area contributed by atoms with Gasteiger partial charge in [-0.1, -0.05) is 30.3 Å². The molecule has 144 valence electrons. The molecule has 0 aromatic heterocycles. The minimum absolute atomic E-state index is 0.0247. The number of carboxylic acid groups (broad SMARTS) is 1. The Morgan fingerprint density at radius 2 is 1.81 bits per heavy atom. The van der Waals surface area contributed by atoms with Gasteiger partial charge in [0.1, 0.15) is 16.7 Å². The van der Waals surface area contributed by atoms with E-state index in [1.165, 1.54) is 32.2 Å². The lowest BCUT2D eigenvalue weighted by Crippen LogP contribution is -2.42. The fourth-order valence-corrected chi connectivity index (χ4v) is 3.83. The summed E-state index contributed by atoms with van der Waals surface area (Å²) in [5.74, 6) is -1.65. The van der Waals surface area contributed by atoms with Crippen molar-refractivity contribution >= 4 is 27.6 Å². The van der Waals surface area contributed by atoms with Crippen LogP contribution in [0.3, 0.4) is 0 Å². The molecule has 0 unspecified atom stereocenters. The molecule has 9 heteroatoms. The summed E-state index contributed by atoms with van der Waals surface area (Å²) < 4.78 is 32.8. The van der Waals surface area contributed by atoms with Gasteiger partial charge in [0.2, 0.25) is 15.9 Å². The Morgan fingerprint density at radius 3 is 2.37 bits per heavy atom. The van der Waals surface area contributed by atoms with Crippen LogP contribution in [0.15, 0.2) is 53.4 Å². The maximum absolute atomic E-state index is 12.8. The van der Waals surface area contributed by atoms with Crippen LogP contribution in [0.5, 0.6) is 5.75 Å². The van der Waals surface area contributed by atoms with E-state index in [2.05, 4.69) is 10.0 Å². The van der Waals surface area contributed by atoms with Crippen molar-refractivity contribution in [2.75, 3.05) is 12.4 Å². The van der Waals surface area contributed by atoms with E-state index < -0.39 is 22.0 Å². The molecule has 2 rings (SSSR count). The van der Waals surface area contributed by atoms with E-state index in [-0.39, 0.29) is 28.7 Å². The van der Waals surface area contributed by atoms with Crippen LogP contribution in [0.25, 0.3) is 0 Å². The van der Waals surface area contributed by atoms with Crippen LogP contribution < -0.4 is 14.8 Å². The maximum atomic E-state index is 12.8. The summed E-state index contributed by atoms with van der Waals surface area (Å²) in [5.41, 5.74) is 0.921. The van der Waals surface area contributed by atoms with Gasteiger partial charge in [-0.15, -0.1) is 0 Å². The molecule has 8 nitrogen and oxygen atoms in total. The fourth-order valence-electron chi connectivity index (χ4n) is 2.45. The highest BCUT2D eigenvalue weighted by molar-refractivity contribution is 7.89. The van der Waals surface area contributed by atoms with Gasteiger partial charge in [0.25, 0.3) is 0 Å². The smallest absolute Gasteiger partial charge is 0.322 e. The van der Waals surface area contributed by atoms with Crippen LogP contribution in [0, 0.1) is 0 Å². The first-order chi connectivity index (χ1) is 12.7. The molecule has 0 radical (unpaired) electrons. The molecule has 0 fully saturated rings. The molecule has 2 aromatic rings. The number of carboxylic acids is 1. The third-order valence-corrected chi connectivity index (χ3v) is 5.14. The van der Waals surface area contributed by atoms with Crippen molar-refractivity contribution in [2.45, 2.75) is 24.3 Å². The standard InChI is InChI=1S/C18H20N2O6S/c1-12(21)19-14-8-9-16(26-2)17(11-14)27(24,25)20-15(18(22)23)10-13-6-4-3-5-7-13/h3-9,11,15,20H,10H2,1-2H3,(H,19,21)(H,22,23)/t15-/m0/s1. The van der Waals surface area contributed by atoms with Crippen molar-refractivity contribution in [2.24, 2.45) is 0 Å². The van der Waals surface area contributed by atoms with Crippen molar-refractivity contribution in [1.29, 1.82) is 0 Å². The van der Waals surface area contributed by atoms with Gasteiger partial charge < -0.3 is 15.2 Å². The van der Waals surface area contributed by atoms with E-state index in [1.54, 1.807) is 30.3 Å².